The summed E-state index contributed by atoms with van der Waals surface area (Å²) in [5.41, 5.74) is 7.45. The molecule has 2 aromatic rings. The van der Waals surface area contributed by atoms with Crippen LogP contribution in [-0.2, 0) is 16.1 Å². The third-order valence-electron chi connectivity index (χ3n) is 4.49. The summed E-state index contributed by atoms with van der Waals surface area (Å²) < 4.78 is 7.29. The van der Waals surface area contributed by atoms with E-state index in [4.69, 9.17) is 10.5 Å². The normalized spacial score (nSPS) is 16.9. The van der Waals surface area contributed by atoms with Crippen LogP contribution in [0.3, 0.4) is 0 Å². The summed E-state index contributed by atoms with van der Waals surface area (Å²) in [6.45, 7) is 2.04. The molecule has 0 radical (unpaired) electrons. The van der Waals surface area contributed by atoms with Crippen LogP contribution in [0.4, 0.5) is 0 Å². The maximum Gasteiger partial charge on any atom is 0.227 e. The van der Waals surface area contributed by atoms with Crippen LogP contribution in [0.1, 0.15) is 18.4 Å². The highest BCUT2D eigenvalue weighted by molar-refractivity contribution is 5.83. The van der Waals surface area contributed by atoms with Gasteiger partial charge in [-0.3, -0.25) is 4.79 Å². The van der Waals surface area contributed by atoms with Gasteiger partial charge in [0.05, 0.1) is 11.7 Å². The van der Waals surface area contributed by atoms with Gasteiger partial charge in [0.1, 0.15) is 0 Å². The largest absolute Gasteiger partial charge is 0.381 e. The summed E-state index contributed by atoms with van der Waals surface area (Å²) in [4.78, 5) is 16.6. The zero-order chi connectivity index (χ0) is 16.1. The Labute approximate surface area is 135 Å². The van der Waals surface area contributed by atoms with Crippen molar-refractivity contribution in [3.63, 3.8) is 0 Å². The molecule has 6 nitrogen and oxygen atoms in total. The van der Waals surface area contributed by atoms with Gasteiger partial charge in [-0.2, -0.15) is 0 Å². The minimum absolute atomic E-state index is 0.0244. The van der Waals surface area contributed by atoms with Gasteiger partial charge < -0.3 is 20.4 Å². The number of benzene rings is 1. The van der Waals surface area contributed by atoms with Crippen molar-refractivity contribution in [2.24, 2.45) is 11.1 Å². The topological polar surface area (TPSA) is 82.2 Å². The Balaban J connectivity index is 1.66. The fourth-order valence-corrected chi connectivity index (χ4v) is 2.89. The summed E-state index contributed by atoms with van der Waals surface area (Å²) in [6, 6.07) is 8.03. The number of ether oxygens (including phenoxy) is 1. The van der Waals surface area contributed by atoms with Crippen LogP contribution < -0.4 is 11.1 Å². The molecule has 0 aliphatic carbocycles. The molecule has 122 valence electrons. The Bertz CT molecular complexity index is 648. The lowest BCUT2D eigenvalue weighted by Gasteiger charge is -2.34. The third kappa shape index (κ3) is 3.43. The highest BCUT2D eigenvalue weighted by atomic mass is 16.5. The number of rotatable bonds is 5. The van der Waals surface area contributed by atoms with Crippen LogP contribution in [0.25, 0.3) is 5.69 Å². The van der Waals surface area contributed by atoms with Crippen molar-refractivity contribution in [1.29, 1.82) is 0 Å². The lowest BCUT2D eigenvalue weighted by atomic mass is 9.79. The molecule has 1 aliphatic rings. The average molecular weight is 314 g/mol. The molecule has 23 heavy (non-hydrogen) atoms. The Kier molecular flexibility index (Phi) is 4.73. The van der Waals surface area contributed by atoms with Crippen LogP contribution in [0.5, 0.6) is 0 Å². The first-order valence-electron chi connectivity index (χ1n) is 7.87. The second-order valence-electron chi connectivity index (χ2n) is 5.92. The Morgan fingerprint density at radius 2 is 2.22 bits per heavy atom. The van der Waals surface area contributed by atoms with Gasteiger partial charge in [-0.15, -0.1) is 0 Å². The number of hydrogen-bond donors (Lipinski definition) is 2. The highest BCUT2D eigenvalue weighted by Crippen LogP contribution is 2.29. The molecule has 1 aromatic carbocycles. The monoisotopic (exact) mass is 314 g/mol. The standard InChI is InChI=1S/C17H22N4O2/c18-12-17(4-8-23-9-5-17)16(22)20-11-14-2-1-3-15(10-14)21-7-6-19-13-21/h1-3,6-7,10,13H,4-5,8-9,11-12,18H2,(H,20,22). The molecule has 1 aliphatic heterocycles. The van der Waals surface area contributed by atoms with Crippen molar-refractivity contribution < 1.29 is 9.53 Å². The van der Waals surface area contributed by atoms with E-state index < -0.39 is 5.41 Å². The van der Waals surface area contributed by atoms with E-state index in [1.165, 1.54) is 0 Å². The minimum atomic E-state index is -0.486. The van der Waals surface area contributed by atoms with E-state index in [1.54, 1.807) is 12.5 Å². The summed E-state index contributed by atoms with van der Waals surface area (Å²) in [6.07, 6.45) is 6.76. The zero-order valence-corrected chi connectivity index (χ0v) is 13.1. The summed E-state index contributed by atoms with van der Waals surface area (Å²) in [5.74, 6) is 0.0244. The number of hydrogen-bond acceptors (Lipinski definition) is 4. The number of imidazole rings is 1. The average Bonchev–Trinajstić information content (AvgIpc) is 3.15. The first-order valence-corrected chi connectivity index (χ1v) is 7.87. The van der Waals surface area contributed by atoms with Crippen LogP contribution in [0.15, 0.2) is 43.0 Å². The van der Waals surface area contributed by atoms with Crippen molar-refractivity contribution in [2.75, 3.05) is 19.8 Å². The summed E-state index contributed by atoms with van der Waals surface area (Å²) in [7, 11) is 0. The van der Waals surface area contributed by atoms with E-state index in [9.17, 15) is 4.79 Å². The first kappa shape index (κ1) is 15.7. The fourth-order valence-electron chi connectivity index (χ4n) is 2.89. The highest BCUT2D eigenvalue weighted by Gasteiger charge is 2.38. The molecule has 2 heterocycles. The number of nitrogens with zero attached hydrogens (tertiary/aromatic N) is 2. The lowest BCUT2D eigenvalue weighted by molar-refractivity contribution is -0.136. The molecule has 1 aromatic heterocycles. The maximum absolute atomic E-state index is 12.6. The molecule has 0 saturated carbocycles. The second-order valence-corrected chi connectivity index (χ2v) is 5.92. The Hall–Kier alpha value is -2.18. The quantitative estimate of drug-likeness (QED) is 0.870. The fraction of sp³-hybridized carbons (Fsp3) is 0.412. The van der Waals surface area contributed by atoms with Gasteiger partial charge in [0.25, 0.3) is 0 Å². The number of aromatic nitrogens is 2. The zero-order valence-electron chi connectivity index (χ0n) is 13.1. The van der Waals surface area contributed by atoms with Gasteiger partial charge in [0.2, 0.25) is 5.91 Å². The van der Waals surface area contributed by atoms with E-state index in [0.29, 0.717) is 39.1 Å². The van der Waals surface area contributed by atoms with Crippen molar-refractivity contribution in [3.8, 4) is 5.69 Å². The molecular weight excluding hydrogens is 292 g/mol. The number of nitrogens with one attached hydrogen (secondary N) is 1. The first-order chi connectivity index (χ1) is 11.2. The van der Waals surface area contributed by atoms with E-state index in [2.05, 4.69) is 10.3 Å². The molecule has 1 amide bonds. The summed E-state index contributed by atoms with van der Waals surface area (Å²) in [5, 5.41) is 3.03. The van der Waals surface area contributed by atoms with E-state index in [-0.39, 0.29) is 5.91 Å². The van der Waals surface area contributed by atoms with Crippen molar-refractivity contribution in [3.05, 3.63) is 48.5 Å². The molecular formula is C17H22N4O2. The molecule has 0 spiro atoms. The van der Waals surface area contributed by atoms with Crippen molar-refractivity contribution >= 4 is 5.91 Å². The second kappa shape index (κ2) is 6.93. The molecule has 0 bridgehead atoms. The predicted octanol–water partition coefficient (Wildman–Crippen LogP) is 1.24. The van der Waals surface area contributed by atoms with Gasteiger partial charge >= 0.3 is 0 Å². The third-order valence-corrected chi connectivity index (χ3v) is 4.49. The molecule has 0 atom stereocenters. The van der Waals surface area contributed by atoms with E-state index >= 15 is 0 Å². The van der Waals surface area contributed by atoms with Crippen molar-refractivity contribution in [1.82, 2.24) is 14.9 Å². The molecule has 1 saturated heterocycles. The van der Waals surface area contributed by atoms with E-state index in [0.717, 1.165) is 11.3 Å². The Morgan fingerprint density at radius 3 is 2.91 bits per heavy atom. The summed E-state index contributed by atoms with van der Waals surface area (Å²) >= 11 is 0. The van der Waals surface area contributed by atoms with Crippen LogP contribution in [-0.4, -0.2) is 35.2 Å². The molecule has 3 rings (SSSR count). The SMILES string of the molecule is NCC1(C(=O)NCc2cccc(-n3ccnc3)c2)CCOCC1. The predicted molar refractivity (Wildman–Crippen MR) is 87.0 cm³/mol. The molecule has 6 heteroatoms. The molecule has 0 unspecified atom stereocenters. The lowest BCUT2D eigenvalue weighted by Crippen LogP contribution is -2.48. The van der Waals surface area contributed by atoms with Gasteiger partial charge in [0.15, 0.2) is 0 Å². The van der Waals surface area contributed by atoms with Crippen LogP contribution in [0.2, 0.25) is 0 Å². The van der Waals surface area contributed by atoms with Gasteiger partial charge in [-0.25, -0.2) is 4.98 Å². The molecule has 3 N–H and O–H groups in total. The van der Waals surface area contributed by atoms with Gasteiger partial charge in [-0.1, -0.05) is 12.1 Å². The number of amides is 1. The minimum Gasteiger partial charge on any atom is -0.381 e. The maximum atomic E-state index is 12.6. The molecule has 1 fully saturated rings. The van der Waals surface area contributed by atoms with Gasteiger partial charge in [-0.05, 0) is 30.5 Å². The number of carbonyl (C=O) groups excluding carboxylic acids is 1. The van der Waals surface area contributed by atoms with E-state index in [1.807, 2.05) is 35.0 Å². The van der Waals surface area contributed by atoms with Gasteiger partial charge in [0, 0.05) is 44.4 Å². The smallest absolute Gasteiger partial charge is 0.227 e. The van der Waals surface area contributed by atoms with Crippen LogP contribution in [0, 0.1) is 5.41 Å². The van der Waals surface area contributed by atoms with Crippen LogP contribution >= 0.6 is 0 Å². The number of nitrogens with two attached hydrogens (primary N) is 1. The Morgan fingerprint density at radius 1 is 1.39 bits per heavy atom. The number of carbonyl (C=O) groups is 1. The van der Waals surface area contributed by atoms with Crippen molar-refractivity contribution in [2.45, 2.75) is 19.4 Å².